The Kier molecular flexibility index (Phi) is 16.1. The van der Waals surface area contributed by atoms with Crippen molar-refractivity contribution in [3.63, 3.8) is 0 Å². The van der Waals surface area contributed by atoms with Crippen molar-refractivity contribution in [1.29, 1.82) is 0 Å². The van der Waals surface area contributed by atoms with Gasteiger partial charge in [-0.25, -0.2) is 0 Å². The van der Waals surface area contributed by atoms with Gasteiger partial charge in [0, 0.05) is 57.9 Å². The van der Waals surface area contributed by atoms with Crippen LogP contribution in [0, 0.1) is 5.92 Å². The van der Waals surface area contributed by atoms with Crippen molar-refractivity contribution >= 4 is 60.1 Å². The molecule has 0 aromatic heterocycles. The minimum atomic E-state index is -0.121. The number of hydrogen-bond acceptors (Lipinski definition) is 7. The second kappa shape index (κ2) is 17.0. The first-order chi connectivity index (χ1) is 16.4. The van der Waals surface area contributed by atoms with Gasteiger partial charge in [0.05, 0.1) is 10.0 Å². The number of aliphatic imine (C=N–C) groups is 1. The second-order valence-corrected chi connectivity index (χ2v) is 10.8. The Morgan fingerprint density at radius 2 is 1.94 bits per heavy atom. The fourth-order valence-corrected chi connectivity index (χ4v) is 6.37. The largest absolute Gasteiger partial charge is 2.00 e. The zero-order chi connectivity index (χ0) is 24.7. The molecule has 2 heterocycles. The number of fused-ring (bicyclic) bond motifs is 2. The molecule has 6 nitrogen and oxygen atoms in total. The zero-order valence-electron chi connectivity index (χ0n) is 20.5. The molecule has 1 aromatic carbocycles. The summed E-state index contributed by atoms with van der Waals surface area (Å²) in [4.78, 5) is 21.8. The van der Waals surface area contributed by atoms with Crippen LogP contribution in [0.5, 0.6) is 0 Å². The Labute approximate surface area is 250 Å². The molecule has 0 amide bonds. The number of benzene rings is 1. The van der Waals surface area contributed by atoms with Gasteiger partial charge in [0.25, 0.3) is 0 Å². The predicted molar refractivity (Wildman–Crippen MR) is 145 cm³/mol. The number of Topliss-reactive ketones (excluding diaryl/α,β-unsaturated/α-hetero) is 1. The van der Waals surface area contributed by atoms with Crippen molar-refractivity contribution in [1.82, 2.24) is 9.80 Å². The summed E-state index contributed by atoms with van der Waals surface area (Å²) >= 11 is 22.5. The average molecular weight is 746 g/mol. The number of nitrogens with zero attached hydrogens (tertiary/aromatic N) is 3. The fourth-order valence-electron chi connectivity index (χ4n) is 5.71. The third-order valence-electron chi connectivity index (χ3n) is 7.19. The zero-order valence-corrected chi connectivity index (χ0v) is 26.4. The van der Waals surface area contributed by atoms with E-state index in [0.29, 0.717) is 59.4 Å². The van der Waals surface area contributed by atoms with Crippen LogP contribution in [0.4, 0.5) is 0 Å². The van der Waals surface area contributed by atoms with E-state index in [1.165, 1.54) is 0 Å². The molecule has 1 unspecified atom stereocenters. The van der Waals surface area contributed by atoms with Gasteiger partial charge in [-0.05, 0) is 74.8 Å². The van der Waals surface area contributed by atoms with E-state index in [4.69, 9.17) is 48.5 Å². The number of ketones is 1. The third kappa shape index (κ3) is 8.86. The molecule has 2 bridgehead atoms. The van der Waals surface area contributed by atoms with Gasteiger partial charge in [-0.15, -0.1) is 0 Å². The van der Waals surface area contributed by atoms with Crippen molar-refractivity contribution in [2.75, 3.05) is 44.2 Å². The quantitative estimate of drug-likeness (QED) is 0.175. The Morgan fingerprint density at radius 1 is 1.19 bits per heavy atom. The maximum absolute atomic E-state index is 13.1. The minimum absolute atomic E-state index is 0. The van der Waals surface area contributed by atoms with Crippen LogP contribution in [-0.4, -0.2) is 77.8 Å². The van der Waals surface area contributed by atoms with Crippen LogP contribution < -0.4 is 5.11 Å². The number of carbonyl (C=O) groups excluding carboxylic acids is 1. The number of rotatable bonds is 13. The number of piperidine rings is 1. The summed E-state index contributed by atoms with van der Waals surface area (Å²) < 4.78 is 0. The van der Waals surface area contributed by atoms with Gasteiger partial charge in [-0.1, -0.05) is 36.2 Å². The van der Waals surface area contributed by atoms with Crippen molar-refractivity contribution in [3.8, 4) is 0 Å². The minimum Gasteiger partial charge on any atom is -2.00 e. The molecule has 205 valence electrons. The number of carbonyl (C=O) groups is 1. The van der Waals surface area contributed by atoms with Gasteiger partial charge in [0.2, 0.25) is 0 Å². The Morgan fingerprint density at radius 3 is 2.58 bits per heavy atom. The van der Waals surface area contributed by atoms with Crippen molar-refractivity contribution in [3.05, 3.63) is 33.8 Å². The van der Waals surface area contributed by atoms with Gasteiger partial charge >= 0.3 is 0 Å². The Bertz CT molecular complexity index is 868. The molecule has 2 saturated heterocycles. The van der Waals surface area contributed by atoms with Crippen molar-refractivity contribution in [2.24, 2.45) is 10.9 Å². The SMILES string of the molecule is CCC(=O)[C@@H]1[C@H]2CCC(C[C@H]1c1ccc(Cl)c(Cl)c1)N2CCCN(CC[S-])CC([O-])=NCC[S-].[O-2].[Re]. The molecule has 2 aliphatic rings. The Balaban J connectivity index is 0.00000324. The van der Waals surface area contributed by atoms with Gasteiger partial charge in [0.15, 0.2) is 0 Å². The Hall–Kier alpha value is 0.182. The monoisotopic (exact) mass is 745 g/mol. The van der Waals surface area contributed by atoms with Crippen LogP contribution in [0.2, 0.25) is 10.0 Å². The average Bonchev–Trinajstić information content (AvgIpc) is 3.09. The number of hydrogen-bond donors (Lipinski definition) is 0. The van der Waals surface area contributed by atoms with Crippen LogP contribution in [0.25, 0.3) is 0 Å². The summed E-state index contributed by atoms with van der Waals surface area (Å²) in [7, 11) is 0. The van der Waals surface area contributed by atoms with E-state index in [0.717, 1.165) is 44.3 Å². The molecule has 1 aromatic rings. The first kappa shape index (κ1) is 34.2. The molecule has 4 atom stereocenters. The van der Waals surface area contributed by atoms with E-state index in [1.54, 1.807) is 0 Å². The van der Waals surface area contributed by atoms with Crippen LogP contribution in [0.15, 0.2) is 23.2 Å². The molecule has 0 saturated carbocycles. The van der Waals surface area contributed by atoms with E-state index in [9.17, 15) is 9.90 Å². The summed E-state index contributed by atoms with van der Waals surface area (Å²) in [5.74, 6) is 1.41. The molecule has 36 heavy (non-hydrogen) atoms. The van der Waals surface area contributed by atoms with Crippen LogP contribution >= 0.6 is 23.2 Å². The smallest absolute Gasteiger partial charge is 0.137 e. The molecule has 0 aliphatic carbocycles. The first-order valence-corrected chi connectivity index (χ1v) is 14.1. The van der Waals surface area contributed by atoms with Gasteiger partial charge in [-0.2, -0.15) is 11.5 Å². The van der Waals surface area contributed by atoms with Crippen LogP contribution in [0.1, 0.15) is 50.5 Å². The van der Waals surface area contributed by atoms with Crippen LogP contribution in [0.3, 0.4) is 0 Å². The van der Waals surface area contributed by atoms with Gasteiger partial charge in [0.1, 0.15) is 5.78 Å². The van der Waals surface area contributed by atoms with E-state index in [1.807, 2.05) is 25.1 Å². The van der Waals surface area contributed by atoms with E-state index < -0.39 is 0 Å². The standard InChI is InChI=1S/C25H37Cl2N3O2S2.O.Re/c1-2-23(31)25-19(17-4-6-20(26)21(27)14-17)15-18-5-7-22(25)30(18)10-3-9-29(11-13-34)16-24(32)28-8-12-33;;/h4,6,14,18-19,22,25,33-34H,2-3,5,7-13,15-16H2,1H3,(H,28,32);;/q;-2;/p-3/t18?,19-,22+,25-;;/m0../s1. The maximum atomic E-state index is 13.1. The molecule has 0 spiro atoms. The second-order valence-electron chi connectivity index (χ2n) is 9.21. The molecular weight excluding hydrogens is 712 g/mol. The third-order valence-corrected chi connectivity index (χ3v) is 8.30. The summed E-state index contributed by atoms with van der Waals surface area (Å²) in [5.41, 5.74) is 1.12. The fraction of sp³-hybridized carbons (Fsp3) is 0.680. The molecule has 0 N–H and O–H groups in total. The molecule has 2 fully saturated rings. The van der Waals surface area contributed by atoms with Gasteiger partial charge in [-0.3, -0.25) is 9.69 Å². The summed E-state index contributed by atoms with van der Waals surface area (Å²) in [6, 6.07) is 6.53. The van der Waals surface area contributed by atoms with Crippen LogP contribution in [-0.2, 0) is 56.0 Å². The van der Waals surface area contributed by atoms with E-state index >= 15 is 0 Å². The number of halogens is 2. The van der Waals surface area contributed by atoms with E-state index in [2.05, 4.69) is 14.8 Å². The first-order valence-electron chi connectivity index (χ1n) is 12.2. The van der Waals surface area contributed by atoms with Crippen molar-refractivity contribution in [2.45, 2.75) is 57.0 Å². The predicted octanol–water partition coefficient (Wildman–Crippen LogP) is 3.33. The summed E-state index contributed by atoms with van der Waals surface area (Å²) in [6.45, 7) is 5.08. The van der Waals surface area contributed by atoms with Crippen molar-refractivity contribution < 1.29 is 35.8 Å². The molecule has 3 rings (SSSR count). The molecule has 2 aliphatic heterocycles. The topological polar surface area (TPSA) is 87.5 Å². The summed E-state index contributed by atoms with van der Waals surface area (Å²) in [5, 5.41) is 13.2. The van der Waals surface area contributed by atoms with E-state index in [-0.39, 0.29) is 49.7 Å². The normalized spacial score (nSPS) is 23.9. The summed E-state index contributed by atoms with van der Waals surface area (Å²) in [6.07, 6.45) is 4.60. The van der Waals surface area contributed by atoms with Gasteiger partial charge < -0.3 is 45.7 Å². The molecule has 1 radical (unpaired) electrons. The molecular formula is C25H34Cl2N3O3ReS2-5. The maximum Gasteiger partial charge on any atom is 0.137 e. The molecule has 11 heteroatoms.